The second kappa shape index (κ2) is 4.23. The minimum absolute atomic E-state index is 0.0842. The van der Waals surface area contributed by atoms with Gasteiger partial charge in [-0.25, -0.2) is 0 Å². The number of carbonyl (C=O) groups excluding carboxylic acids is 1. The molecule has 0 heterocycles. The zero-order valence-electron chi connectivity index (χ0n) is 8.68. The van der Waals surface area contributed by atoms with Gasteiger partial charge in [-0.15, -0.1) is 0 Å². The highest BCUT2D eigenvalue weighted by molar-refractivity contribution is 5.84. The van der Waals surface area contributed by atoms with Crippen molar-refractivity contribution in [3.05, 3.63) is 0 Å². The van der Waals surface area contributed by atoms with E-state index in [0.717, 1.165) is 12.8 Å². The lowest BCUT2D eigenvalue weighted by atomic mass is 9.88. The van der Waals surface area contributed by atoms with Crippen LogP contribution in [0.1, 0.15) is 52.4 Å². The lowest BCUT2D eigenvalue weighted by Crippen LogP contribution is -2.31. The maximum Gasteiger partial charge on any atom is 0.138 e. The van der Waals surface area contributed by atoms with Crippen molar-refractivity contribution < 1.29 is 9.90 Å². The molecule has 1 fully saturated rings. The number of rotatable bonds is 4. The molecule has 2 nitrogen and oxygen atoms in total. The number of ketones is 1. The maximum absolute atomic E-state index is 11.4. The summed E-state index contributed by atoms with van der Waals surface area (Å²) in [7, 11) is 0. The van der Waals surface area contributed by atoms with Gasteiger partial charge < -0.3 is 5.11 Å². The SMILES string of the molecule is CCCCCC1C(=O)CCC1(C)O. The average molecular weight is 184 g/mol. The molecule has 0 spiro atoms. The van der Waals surface area contributed by atoms with Gasteiger partial charge >= 0.3 is 0 Å². The molecule has 1 aliphatic rings. The second-order valence-corrected chi connectivity index (χ2v) is 4.37. The minimum Gasteiger partial charge on any atom is -0.389 e. The van der Waals surface area contributed by atoms with E-state index in [-0.39, 0.29) is 11.7 Å². The van der Waals surface area contributed by atoms with Crippen molar-refractivity contribution in [1.29, 1.82) is 0 Å². The third-order valence-electron chi connectivity index (χ3n) is 3.11. The van der Waals surface area contributed by atoms with Crippen LogP contribution in [0.25, 0.3) is 0 Å². The Bertz CT molecular complexity index is 185. The van der Waals surface area contributed by atoms with Crippen molar-refractivity contribution in [2.24, 2.45) is 5.92 Å². The molecule has 0 aromatic rings. The molecule has 76 valence electrons. The fourth-order valence-electron chi connectivity index (χ4n) is 2.14. The summed E-state index contributed by atoms with van der Waals surface area (Å²) in [6.45, 7) is 3.95. The Morgan fingerprint density at radius 1 is 1.54 bits per heavy atom. The van der Waals surface area contributed by atoms with E-state index in [1.807, 2.05) is 0 Å². The molecule has 1 aliphatic carbocycles. The highest BCUT2D eigenvalue weighted by atomic mass is 16.3. The standard InChI is InChI=1S/C11H20O2/c1-3-4-5-6-9-10(12)7-8-11(9,2)13/h9,13H,3-8H2,1-2H3. The van der Waals surface area contributed by atoms with Gasteiger partial charge in [-0.3, -0.25) is 4.79 Å². The van der Waals surface area contributed by atoms with Gasteiger partial charge in [-0.05, 0) is 19.8 Å². The average Bonchev–Trinajstić information content (AvgIpc) is 2.31. The first kappa shape index (κ1) is 10.7. The molecule has 0 aliphatic heterocycles. The number of aliphatic hydroxyl groups is 1. The van der Waals surface area contributed by atoms with Gasteiger partial charge in [0.05, 0.1) is 5.60 Å². The van der Waals surface area contributed by atoms with Crippen molar-refractivity contribution in [3.8, 4) is 0 Å². The van der Waals surface area contributed by atoms with Crippen molar-refractivity contribution in [2.75, 3.05) is 0 Å². The number of hydrogen-bond acceptors (Lipinski definition) is 2. The largest absolute Gasteiger partial charge is 0.389 e. The fourth-order valence-corrected chi connectivity index (χ4v) is 2.14. The Morgan fingerprint density at radius 3 is 2.69 bits per heavy atom. The molecule has 0 aromatic carbocycles. The molecule has 1 rings (SSSR count). The first-order chi connectivity index (χ1) is 6.08. The predicted octanol–water partition coefficient (Wildman–Crippen LogP) is 2.30. The Kier molecular flexibility index (Phi) is 3.48. The zero-order chi connectivity index (χ0) is 9.90. The molecular weight excluding hydrogens is 164 g/mol. The molecule has 0 aromatic heterocycles. The fraction of sp³-hybridized carbons (Fsp3) is 0.909. The summed E-state index contributed by atoms with van der Waals surface area (Å²) >= 11 is 0. The molecule has 2 atom stereocenters. The van der Waals surface area contributed by atoms with Crippen molar-refractivity contribution in [2.45, 2.75) is 58.0 Å². The summed E-state index contributed by atoms with van der Waals surface area (Å²) in [5.41, 5.74) is -0.717. The van der Waals surface area contributed by atoms with Crippen LogP contribution in [0.4, 0.5) is 0 Å². The third-order valence-corrected chi connectivity index (χ3v) is 3.11. The van der Waals surface area contributed by atoms with Crippen molar-refractivity contribution in [1.82, 2.24) is 0 Å². The Morgan fingerprint density at radius 2 is 2.23 bits per heavy atom. The van der Waals surface area contributed by atoms with E-state index in [9.17, 15) is 9.90 Å². The number of carbonyl (C=O) groups is 1. The van der Waals surface area contributed by atoms with Crippen molar-refractivity contribution >= 4 is 5.78 Å². The third kappa shape index (κ3) is 2.53. The highest BCUT2D eigenvalue weighted by Gasteiger charge is 2.42. The quantitative estimate of drug-likeness (QED) is 0.681. The molecule has 0 bridgehead atoms. The van der Waals surface area contributed by atoms with E-state index < -0.39 is 5.60 Å². The van der Waals surface area contributed by atoms with Crippen LogP contribution in [0, 0.1) is 5.92 Å². The normalized spacial score (nSPS) is 34.1. The maximum atomic E-state index is 11.4. The van der Waals surface area contributed by atoms with Crippen LogP contribution < -0.4 is 0 Å². The van der Waals surface area contributed by atoms with Gasteiger partial charge in [-0.1, -0.05) is 26.2 Å². The van der Waals surface area contributed by atoms with Crippen LogP contribution in [0.3, 0.4) is 0 Å². The topological polar surface area (TPSA) is 37.3 Å². The van der Waals surface area contributed by atoms with E-state index in [1.165, 1.54) is 12.8 Å². The summed E-state index contributed by atoms with van der Waals surface area (Å²) in [5, 5.41) is 9.90. The first-order valence-corrected chi connectivity index (χ1v) is 5.33. The summed E-state index contributed by atoms with van der Waals surface area (Å²) in [5.74, 6) is 0.181. The summed E-state index contributed by atoms with van der Waals surface area (Å²) in [4.78, 5) is 11.4. The zero-order valence-corrected chi connectivity index (χ0v) is 8.68. The van der Waals surface area contributed by atoms with Gasteiger partial charge in [0.15, 0.2) is 0 Å². The minimum atomic E-state index is -0.717. The number of unbranched alkanes of at least 4 members (excludes halogenated alkanes) is 2. The van der Waals surface area contributed by atoms with Gasteiger partial charge in [-0.2, -0.15) is 0 Å². The Labute approximate surface area is 80.3 Å². The van der Waals surface area contributed by atoms with Crippen molar-refractivity contribution in [3.63, 3.8) is 0 Å². The molecule has 1 N–H and O–H groups in total. The van der Waals surface area contributed by atoms with E-state index in [0.29, 0.717) is 12.8 Å². The van der Waals surface area contributed by atoms with E-state index in [1.54, 1.807) is 6.92 Å². The summed E-state index contributed by atoms with van der Waals surface area (Å²) < 4.78 is 0. The number of Topliss-reactive ketones (excluding diaryl/α,β-unsaturated/α-hetero) is 1. The van der Waals surface area contributed by atoms with Gasteiger partial charge in [0.1, 0.15) is 5.78 Å². The van der Waals surface area contributed by atoms with Crippen LogP contribution in [-0.2, 0) is 4.79 Å². The molecule has 0 saturated heterocycles. The summed E-state index contributed by atoms with van der Waals surface area (Å²) in [6.07, 6.45) is 5.51. The smallest absolute Gasteiger partial charge is 0.138 e. The van der Waals surface area contributed by atoms with Crippen LogP contribution >= 0.6 is 0 Å². The molecular formula is C11H20O2. The Balaban J connectivity index is 2.41. The van der Waals surface area contributed by atoms with E-state index in [4.69, 9.17) is 0 Å². The number of hydrogen-bond donors (Lipinski definition) is 1. The molecule has 2 heteroatoms. The summed E-state index contributed by atoms with van der Waals surface area (Å²) in [6, 6.07) is 0. The highest BCUT2D eigenvalue weighted by Crippen LogP contribution is 2.35. The molecule has 0 amide bonds. The molecule has 2 unspecified atom stereocenters. The van der Waals surface area contributed by atoms with Crippen LogP contribution in [0.2, 0.25) is 0 Å². The van der Waals surface area contributed by atoms with Gasteiger partial charge in [0.2, 0.25) is 0 Å². The van der Waals surface area contributed by atoms with E-state index in [2.05, 4.69) is 6.92 Å². The molecule has 0 radical (unpaired) electrons. The van der Waals surface area contributed by atoms with E-state index >= 15 is 0 Å². The Hall–Kier alpha value is -0.370. The molecule has 1 saturated carbocycles. The second-order valence-electron chi connectivity index (χ2n) is 4.37. The van der Waals surface area contributed by atoms with Crippen LogP contribution in [0.5, 0.6) is 0 Å². The lowest BCUT2D eigenvalue weighted by Gasteiger charge is -2.23. The van der Waals surface area contributed by atoms with Crippen LogP contribution in [0.15, 0.2) is 0 Å². The molecule has 13 heavy (non-hydrogen) atoms. The first-order valence-electron chi connectivity index (χ1n) is 5.33. The van der Waals surface area contributed by atoms with Crippen LogP contribution in [-0.4, -0.2) is 16.5 Å². The van der Waals surface area contributed by atoms with Gasteiger partial charge in [0, 0.05) is 12.3 Å². The van der Waals surface area contributed by atoms with Gasteiger partial charge in [0.25, 0.3) is 0 Å². The monoisotopic (exact) mass is 184 g/mol. The lowest BCUT2D eigenvalue weighted by molar-refractivity contribution is -0.124. The predicted molar refractivity (Wildman–Crippen MR) is 52.5 cm³/mol.